The van der Waals surface area contributed by atoms with Gasteiger partial charge in [0.15, 0.2) is 0 Å². The number of carboxylic acid groups (broad SMARTS) is 1. The summed E-state index contributed by atoms with van der Waals surface area (Å²) in [4.78, 5) is 22.4. The first-order valence-corrected chi connectivity index (χ1v) is 6.71. The van der Waals surface area contributed by atoms with Gasteiger partial charge in [0.25, 0.3) is 0 Å². The van der Waals surface area contributed by atoms with E-state index in [1.165, 1.54) is 0 Å². The zero-order valence-corrected chi connectivity index (χ0v) is 12.0. The molecule has 18 heavy (non-hydrogen) atoms. The SMILES string of the molecule is CCCCC(CCCC(=O)O)C(=O)OC(C)(C)C. The molecule has 0 radical (unpaired) electrons. The molecule has 0 aromatic heterocycles. The first-order valence-electron chi connectivity index (χ1n) is 6.71. The van der Waals surface area contributed by atoms with Crippen LogP contribution in [0.2, 0.25) is 0 Å². The Morgan fingerprint density at radius 1 is 1.17 bits per heavy atom. The highest BCUT2D eigenvalue weighted by Gasteiger charge is 2.24. The van der Waals surface area contributed by atoms with Gasteiger partial charge in [0.1, 0.15) is 5.60 Å². The normalized spacial score (nSPS) is 13.1. The average Bonchev–Trinajstić information content (AvgIpc) is 2.19. The summed E-state index contributed by atoms with van der Waals surface area (Å²) < 4.78 is 5.37. The minimum Gasteiger partial charge on any atom is -0.481 e. The highest BCUT2D eigenvalue weighted by molar-refractivity contribution is 5.73. The van der Waals surface area contributed by atoms with Crippen LogP contribution in [0.5, 0.6) is 0 Å². The number of unbranched alkanes of at least 4 members (excludes halogenated alkanes) is 1. The Morgan fingerprint density at radius 2 is 1.72 bits per heavy atom. The third-order valence-corrected chi connectivity index (χ3v) is 2.59. The van der Waals surface area contributed by atoms with Crippen molar-refractivity contribution in [2.45, 2.75) is 71.8 Å². The molecular weight excluding hydrogens is 232 g/mol. The van der Waals surface area contributed by atoms with E-state index in [1.54, 1.807) is 0 Å². The molecule has 0 bridgehead atoms. The van der Waals surface area contributed by atoms with E-state index >= 15 is 0 Å². The van der Waals surface area contributed by atoms with Gasteiger partial charge in [0, 0.05) is 6.42 Å². The Morgan fingerprint density at radius 3 is 2.17 bits per heavy atom. The fourth-order valence-electron chi connectivity index (χ4n) is 1.72. The third-order valence-electron chi connectivity index (χ3n) is 2.59. The van der Waals surface area contributed by atoms with Crippen LogP contribution in [0.25, 0.3) is 0 Å². The number of carboxylic acids is 1. The predicted octanol–water partition coefficient (Wildman–Crippen LogP) is 3.39. The number of carbonyl (C=O) groups is 2. The van der Waals surface area contributed by atoms with Gasteiger partial charge in [0.05, 0.1) is 5.92 Å². The quantitative estimate of drug-likeness (QED) is 0.678. The van der Waals surface area contributed by atoms with Gasteiger partial charge in [-0.2, -0.15) is 0 Å². The molecule has 106 valence electrons. The molecule has 1 unspecified atom stereocenters. The molecule has 4 nitrogen and oxygen atoms in total. The van der Waals surface area contributed by atoms with Crippen LogP contribution < -0.4 is 0 Å². The van der Waals surface area contributed by atoms with Crippen molar-refractivity contribution in [2.75, 3.05) is 0 Å². The molecular formula is C14H26O4. The lowest BCUT2D eigenvalue weighted by Crippen LogP contribution is -2.29. The molecule has 0 spiro atoms. The fourth-order valence-corrected chi connectivity index (χ4v) is 1.72. The van der Waals surface area contributed by atoms with Gasteiger partial charge >= 0.3 is 11.9 Å². The monoisotopic (exact) mass is 258 g/mol. The summed E-state index contributed by atoms with van der Waals surface area (Å²) in [5.41, 5.74) is -0.478. The predicted molar refractivity (Wildman–Crippen MR) is 70.3 cm³/mol. The summed E-state index contributed by atoms with van der Waals surface area (Å²) in [6.45, 7) is 7.61. The van der Waals surface area contributed by atoms with E-state index in [9.17, 15) is 9.59 Å². The van der Waals surface area contributed by atoms with Crippen LogP contribution in [0.15, 0.2) is 0 Å². The molecule has 0 aromatic rings. The van der Waals surface area contributed by atoms with Crippen molar-refractivity contribution in [1.82, 2.24) is 0 Å². The molecule has 0 aliphatic rings. The van der Waals surface area contributed by atoms with Gasteiger partial charge in [-0.25, -0.2) is 0 Å². The van der Waals surface area contributed by atoms with E-state index in [-0.39, 0.29) is 18.3 Å². The molecule has 0 saturated carbocycles. The Bertz CT molecular complexity index is 265. The van der Waals surface area contributed by atoms with Gasteiger partial charge < -0.3 is 9.84 Å². The Labute approximate surface area is 110 Å². The van der Waals surface area contributed by atoms with E-state index in [2.05, 4.69) is 6.92 Å². The molecule has 0 aliphatic carbocycles. The minimum absolute atomic E-state index is 0.116. The molecule has 0 aromatic carbocycles. The van der Waals surface area contributed by atoms with Gasteiger partial charge in [-0.3, -0.25) is 9.59 Å². The van der Waals surface area contributed by atoms with Crippen molar-refractivity contribution in [3.05, 3.63) is 0 Å². The summed E-state index contributed by atoms with van der Waals surface area (Å²) in [5, 5.41) is 8.61. The maximum Gasteiger partial charge on any atom is 0.309 e. The summed E-state index contributed by atoms with van der Waals surface area (Å²) in [6.07, 6.45) is 4.02. The number of carbonyl (C=O) groups excluding carboxylic acids is 1. The molecule has 1 N–H and O–H groups in total. The van der Waals surface area contributed by atoms with Crippen molar-refractivity contribution >= 4 is 11.9 Å². The molecule has 0 rings (SSSR count). The molecule has 0 saturated heterocycles. The lowest BCUT2D eigenvalue weighted by atomic mass is 9.95. The lowest BCUT2D eigenvalue weighted by molar-refractivity contribution is -0.160. The lowest BCUT2D eigenvalue weighted by Gasteiger charge is -2.24. The summed E-state index contributed by atoms with van der Waals surface area (Å²) in [5.74, 6) is -1.17. The van der Waals surface area contributed by atoms with Crippen molar-refractivity contribution in [1.29, 1.82) is 0 Å². The summed E-state index contributed by atoms with van der Waals surface area (Å²) >= 11 is 0. The zero-order valence-electron chi connectivity index (χ0n) is 12.0. The minimum atomic E-state index is -0.812. The molecule has 0 aliphatic heterocycles. The largest absolute Gasteiger partial charge is 0.481 e. The maximum absolute atomic E-state index is 12.0. The van der Waals surface area contributed by atoms with E-state index < -0.39 is 11.6 Å². The van der Waals surface area contributed by atoms with E-state index in [0.717, 1.165) is 19.3 Å². The number of hydrogen-bond donors (Lipinski definition) is 1. The highest BCUT2D eigenvalue weighted by atomic mass is 16.6. The van der Waals surface area contributed by atoms with Crippen molar-refractivity contribution in [3.8, 4) is 0 Å². The van der Waals surface area contributed by atoms with Crippen LogP contribution in [0.3, 0.4) is 0 Å². The summed E-state index contributed by atoms with van der Waals surface area (Å²) in [6, 6.07) is 0. The second-order valence-electron chi connectivity index (χ2n) is 5.66. The molecule has 0 fully saturated rings. The van der Waals surface area contributed by atoms with Crippen LogP contribution in [0.1, 0.15) is 66.2 Å². The molecule has 4 heteroatoms. The maximum atomic E-state index is 12.0. The Kier molecular flexibility index (Phi) is 7.64. The van der Waals surface area contributed by atoms with Crippen LogP contribution >= 0.6 is 0 Å². The molecule has 0 amide bonds. The van der Waals surface area contributed by atoms with E-state index in [1.807, 2.05) is 20.8 Å². The van der Waals surface area contributed by atoms with Gasteiger partial charge in [-0.1, -0.05) is 19.8 Å². The van der Waals surface area contributed by atoms with Crippen LogP contribution in [-0.4, -0.2) is 22.6 Å². The van der Waals surface area contributed by atoms with Crippen LogP contribution in [0, 0.1) is 5.92 Å². The second kappa shape index (κ2) is 8.11. The smallest absolute Gasteiger partial charge is 0.309 e. The first-order chi connectivity index (χ1) is 8.26. The number of hydrogen-bond acceptors (Lipinski definition) is 3. The third kappa shape index (κ3) is 9.02. The first kappa shape index (κ1) is 16.9. The van der Waals surface area contributed by atoms with Crippen molar-refractivity contribution in [3.63, 3.8) is 0 Å². The van der Waals surface area contributed by atoms with Crippen LogP contribution in [0.4, 0.5) is 0 Å². The Hall–Kier alpha value is -1.06. The number of esters is 1. The number of rotatable bonds is 8. The van der Waals surface area contributed by atoms with E-state index in [0.29, 0.717) is 12.8 Å². The molecule has 0 heterocycles. The van der Waals surface area contributed by atoms with Crippen molar-refractivity contribution in [2.24, 2.45) is 5.92 Å². The topological polar surface area (TPSA) is 63.6 Å². The number of aliphatic carboxylic acids is 1. The molecule has 1 atom stereocenters. The Balaban J connectivity index is 4.28. The van der Waals surface area contributed by atoms with Gasteiger partial charge in [-0.05, 0) is 40.0 Å². The van der Waals surface area contributed by atoms with Gasteiger partial charge in [-0.15, -0.1) is 0 Å². The summed E-state index contributed by atoms with van der Waals surface area (Å²) in [7, 11) is 0. The standard InChI is InChI=1S/C14H26O4/c1-5-6-8-11(9-7-10-12(15)16)13(17)18-14(2,3)4/h11H,5-10H2,1-4H3,(H,15,16). The van der Waals surface area contributed by atoms with Gasteiger partial charge in [0.2, 0.25) is 0 Å². The second-order valence-corrected chi connectivity index (χ2v) is 5.66. The fraction of sp³-hybridized carbons (Fsp3) is 0.857. The number of ether oxygens (including phenoxy) is 1. The van der Waals surface area contributed by atoms with E-state index in [4.69, 9.17) is 9.84 Å². The highest BCUT2D eigenvalue weighted by Crippen LogP contribution is 2.21. The average molecular weight is 258 g/mol. The zero-order chi connectivity index (χ0) is 14.2. The van der Waals surface area contributed by atoms with Crippen LogP contribution in [-0.2, 0) is 14.3 Å². The van der Waals surface area contributed by atoms with Crippen molar-refractivity contribution < 1.29 is 19.4 Å².